The van der Waals surface area contributed by atoms with Crippen molar-refractivity contribution in [3.05, 3.63) is 60.2 Å². The zero-order valence-electron chi connectivity index (χ0n) is 14.5. The number of alkyl halides is 2. The Balaban J connectivity index is 2.01. The predicted octanol–water partition coefficient (Wildman–Crippen LogP) is 3.80. The van der Waals surface area contributed by atoms with Crippen molar-refractivity contribution < 1.29 is 31.8 Å². The molecule has 0 radical (unpaired) electrons. The fourth-order valence-corrected chi connectivity index (χ4v) is 3.41. The summed E-state index contributed by atoms with van der Waals surface area (Å²) in [5.74, 6) is -4.57. The zero-order chi connectivity index (χ0) is 20.5. The average molecular weight is 407 g/mol. The summed E-state index contributed by atoms with van der Waals surface area (Å²) in [7, 11) is -3.57. The number of benzene rings is 3. The lowest BCUT2D eigenvalue weighted by atomic mass is 10.1. The van der Waals surface area contributed by atoms with E-state index in [-0.39, 0.29) is 22.7 Å². The maximum atomic E-state index is 12.8. The van der Waals surface area contributed by atoms with Crippen molar-refractivity contribution in [2.24, 2.45) is 0 Å². The summed E-state index contributed by atoms with van der Waals surface area (Å²) in [4.78, 5) is 12.0. The third-order valence-corrected chi connectivity index (χ3v) is 5.47. The van der Waals surface area contributed by atoms with Gasteiger partial charge in [-0.25, -0.2) is 8.42 Å². The van der Waals surface area contributed by atoms with Gasteiger partial charge in [-0.2, -0.15) is 8.78 Å². The highest BCUT2D eigenvalue weighted by molar-refractivity contribution is 7.91. The third-order valence-electron chi connectivity index (χ3n) is 4.09. The summed E-state index contributed by atoms with van der Waals surface area (Å²) in [5, 5.41) is 14.0. The fraction of sp³-hybridized carbons (Fsp3) is 0.105. The lowest BCUT2D eigenvalue weighted by Crippen LogP contribution is -2.15. The summed E-state index contributed by atoms with van der Waals surface area (Å²) in [6.07, 6.45) is 0. The van der Waals surface area contributed by atoms with E-state index in [4.69, 9.17) is 4.74 Å². The van der Waals surface area contributed by atoms with Crippen LogP contribution >= 0.6 is 0 Å². The SMILES string of the molecule is COc1ccc(S(=O)(=O)C(F)F)cc1NC(=O)c1cc2ccccc2cc1O. The zero-order valence-corrected chi connectivity index (χ0v) is 15.3. The van der Waals surface area contributed by atoms with Crippen molar-refractivity contribution in [1.82, 2.24) is 0 Å². The van der Waals surface area contributed by atoms with E-state index in [1.807, 2.05) is 0 Å². The maximum absolute atomic E-state index is 12.8. The van der Waals surface area contributed by atoms with E-state index in [9.17, 15) is 27.1 Å². The number of rotatable bonds is 5. The quantitative estimate of drug-likeness (QED) is 0.671. The number of fused-ring (bicyclic) bond motifs is 1. The Morgan fingerprint density at radius 2 is 1.71 bits per heavy atom. The average Bonchev–Trinajstić information content (AvgIpc) is 2.67. The molecule has 3 rings (SSSR count). The number of sulfone groups is 1. The molecule has 0 aromatic heterocycles. The number of hydrogen-bond acceptors (Lipinski definition) is 5. The number of aromatic hydroxyl groups is 1. The molecule has 6 nitrogen and oxygen atoms in total. The second-order valence-corrected chi connectivity index (χ2v) is 7.76. The van der Waals surface area contributed by atoms with Crippen molar-refractivity contribution >= 4 is 32.2 Å². The standard InChI is InChI=1S/C19H15F2NO5S/c1-27-17-7-6-13(28(25,26)19(20)21)10-15(17)22-18(24)14-8-11-4-2-3-5-12(11)9-16(14)23/h2-10,19,23H,1H3,(H,22,24). The van der Waals surface area contributed by atoms with E-state index in [2.05, 4.69) is 5.32 Å². The van der Waals surface area contributed by atoms with Crippen LogP contribution in [0, 0.1) is 0 Å². The first-order valence-corrected chi connectivity index (χ1v) is 9.52. The number of ether oxygens (including phenoxy) is 1. The second kappa shape index (κ2) is 7.43. The minimum atomic E-state index is -4.85. The summed E-state index contributed by atoms with van der Waals surface area (Å²) in [5.41, 5.74) is -0.190. The number of nitrogens with one attached hydrogen (secondary N) is 1. The molecule has 28 heavy (non-hydrogen) atoms. The monoisotopic (exact) mass is 407 g/mol. The normalized spacial score (nSPS) is 11.6. The minimum Gasteiger partial charge on any atom is -0.507 e. The van der Waals surface area contributed by atoms with Gasteiger partial charge in [0.15, 0.2) is 0 Å². The molecule has 0 aliphatic heterocycles. The molecule has 0 heterocycles. The van der Waals surface area contributed by atoms with Gasteiger partial charge in [-0.3, -0.25) is 4.79 Å². The molecule has 9 heteroatoms. The van der Waals surface area contributed by atoms with E-state index in [0.717, 1.165) is 23.6 Å². The predicted molar refractivity (Wildman–Crippen MR) is 99.7 cm³/mol. The lowest BCUT2D eigenvalue weighted by molar-refractivity contribution is 0.102. The molecule has 3 aromatic carbocycles. The van der Waals surface area contributed by atoms with Gasteiger partial charge < -0.3 is 15.2 Å². The van der Waals surface area contributed by atoms with Gasteiger partial charge in [-0.1, -0.05) is 24.3 Å². The van der Waals surface area contributed by atoms with E-state index in [1.165, 1.54) is 19.2 Å². The van der Waals surface area contributed by atoms with Crippen LogP contribution in [0.4, 0.5) is 14.5 Å². The highest BCUT2D eigenvalue weighted by atomic mass is 32.2. The van der Waals surface area contributed by atoms with Gasteiger partial charge in [0.1, 0.15) is 11.5 Å². The molecule has 0 saturated heterocycles. The smallest absolute Gasteiger partial charge is 0.341 e. The molecule has 146 valence electrons. The minimum absolute atomic E-state index is 0.0668. The van der Waals surface area contributed by atoms with E-state index >= 15 is 0 Å². The summed E-state index contributed by atoms with van der Waals surface area (Å²) < 4.78 is 54.0. The van der Waals surface area contributed by atoms with Crippen LogP contribution in [0.2, 0.25) is 0 Å². The highest BCUT2D eigenvalue weighted by Crippen LogP contribution is 2.31. The van der Waals surface area contributed by atoms with E-state index in [1.54, 1.807) is 24.3 Å². The Labute approximate surface area is 159 Å². The Morgan fingerprint density at radius 3 is 2.32 bits per heavy atom. The van der Waals surface area contributed by atoms with Crippen LogP contribution in [0.5, 0.6) is 11.5 Å². The summed E-state index contributed by atoms with van der Waals surface area (Å²) in [6, 6.07) is 12.9. The topological polar surface area (TPSA) is 92.7 Å². The van der Waals surface area contributed by atoms with Crippen LogP contribution in [0.15, 0.2) is 59.5 Å². The molecular weight excluding hydrogens is 392 g/mol. The molecule has 0 spiro atoms. The molecule has 0 unspecified atom stereocenters. The van der Waals surface area contributed by atoms with Crippen LogP contribution in [0.25, 0.3) is 10.8 Å². The van der Waals surface area contributed by atoms with Gasteiger partial charge in [-0.05, 0) is 41.1 Å². The number of carbonyl (C=O) groups is 1. The Morgan fingerprint density at radius 1 is 1.07 bits per heavy atom. The Bertz CT molecular complexity index is 1160. The van der Waals surface area contributed by atoms with Crippen LogP contribution < -0.4 is 10.1 Å². The van der Waals surface area contributed by atoms with Crippen molar-refractivity contribution in [2.45, 2.75) is 10.7 Å². The van der Waals surface area contributed by atoms with Crippen molar-refractivity contribution in [3.8, 4) is 11.5 Å². The second-order valence-electron chi connectivity index (χ2n) is 5.84. The van der Waals surface area contributed by atoms with Crippen LogP contribution in [0.1, 0.15) is 10.4 Å². The Kier molecular flexibility index (Phi) is 5.19. The number of amides is 1. The van der Waals surface area contributed by atoms with Crippen LogP contribution in [-0.2, 0) is 9.84 Å². The third kappa shape index (κ3) is 3.61. The number of carbonyl (C=O) groups excluding carboxylic acids is 1. The highest BCUT2D eigenvalue weighted by Gasteiger charge is 2.28. The molecule has 0 fully saturated rings. The molecule has 0 saturated carbocycles. The van der Waals surface area contributed by atoms with E-state index < -0.39 is 26.4 Å². The molecule has 0 aliphatic rings. The number of phenolic OH excluding ortho intramolecular Hbond substituents is 1. The molecular formula is C19H15F2NO5S. The van der Waals surface area contributed by atoms with Crippen molar-refractivity contribution in [3.63, 3.8) is 0 Å². The van der Waals surface area contributed by atoms with Crippen LogP contribution in [0.3, 0.4) is 0 Å². The number of hydrogen-bond donors (Lipinski definition) is 2. The van der Waals surface area contributed by atoms with Gasteiger partial charge in [0, 0.05) is 0 Å². The van der Waals surface area contributed by atoms with Crippen LogP contribution in [-0.4, -0.2) is 32.3 Å². The van der Waals surface area contributed by atoms with Gasteiger partial charge in [0.2, 0.25) is 9.84 Å². The van der Waals surface area contributed by atoms with Gasteiger partial charge >= 0.3 is 5.76 Å². The molecule has 0 bridgehead atoms. The molecule has 1 amide bonds. The first kappa shape index (κ1) is 19.6. The van der Waals surface area contributed by atoms with Crippen molar-refractivity contribution in [1.29, 1.82) is 0 Å². The summed E-state index contributed by atoms with van der Waals surface area (Å²) >= 11 is 0. The number of methoxy groups -OCH3 is 1. The first-order valence-electron chi connectivity index (χ1n) is 7.97. The number of phenols is 1. The number of anilines is 1. The van der Waals surface area contributed by atoms with E-state index in [0.29, 0.717) is 5.39 Å². The van der Waals surface area contributed by atoms with Gasteiger partial charge in [0.25, 0.3) is 5.91 Å². The summed E-state index contributed by atoms with van der Waals surface area (Å²) in [6.45, 7) is 0. The first-order chi connectivity index (χ1) is 13.2. The largest absolute Gasteiger partial charge is 0.507 e. The maximum Gasteiger partial charge on any atom is 0.341 e. The molecule has 0 atom stereocenters. The lowest BCUT2D eigenvalue weighted by Gasteiger charge is -2.13. The van der Waals surface area contributed by atoms with Gasteiger partial charge in [0.05, 0.1) is 23.3 Å². The fourth-order valence-electron chi connectivity index (χ4n) is 2.66. The molecule has 2 N–H and O–H groups in total. The molecule has 0 aliphatic carbocycles. The molecule has 3 aromatic rings. The number of halogens is 2. The Hall–Kier alpha value is -3.20. The van der Waals surface area contributed by atoms with Gasteiger partial charge in [-0.15, -0.1) is 0 Å². The van der Waals surface area contributed by atoms with Crippen molar-refractivity contribution in [2.75, 3.05) is 12.4 Å².